The highest BCUT2D eigenvalue weighted by molar-refractivity contribution is 6.99. The van der Waals surface area contributed by atoms with Crippen molar-refractivity contribution in [1.82, 2.24) is 23.6 Å². The van der Waals surface area contributed by atoms with Gasteiger partial charge in [0.05, 0.1) is 38.7 Å². The van der Waals surface area contributed by atoms with Crippen molar-refractivity contribution in [2.24, 2.45) is 0 Å². The first-order chi connectivity index (χ1) is 17.5. The van der Waals surface area contributed by atoms with Crippen molar-refractivity contribution in [3.05, 3.63) is 70.5 Å². The van der Waals surface area contributed by atoms with Gasteiger partial charge in [-0.1, -0.05) is 35.3 Å². The van der Waals surface area contributed by atoms with Gasteiger partial charge in [-0.15, -0.1) is 0 Å². The Morgan fingerprint density at radius 3 is 2.25 bits per heavy atom. The molecule has 36 heavy (non-hydrogen) atoms. The number of benzene rings is 2. The number of aromatic hydroxyl groups is 1. The van der Waals surface area contributed by atoms with Crippen molar-refractivity contribution in [3.8, 4) is 5.75 Å². The second kappa shape index (κ2) is 10.5. The zero-order chi connectivity index (χ0) is 25.1. The van der Waals surface area contributed by atoms with Gasteiger partial charge in [-0.05, 0) is 30.3 Å². The number of nitrogens with zero attached hydrogens (tertiary/aromatic N) is 6. The van der Waals surface area contributed by atoms with E-state index in [1.54, 1.807) is 59.8 Å². The van der Waals surface area contributed by atoms with E-state index in [4.69, 9.17) is 23.2 Å². The van der Waals surface area contributed by atoms with Gasteiger partial charge in [0, 0.05) is 38.6 Å². The highest BCUT2D eigenvalue weighted by atomic mass is 35.5. The van der Waals surface area contributed by atoms with Gasteiger partial charge >= 0.3 is 0 Å². The Hall–Kier alpha value is -3.67. The van der Waals surface area contributed by atoms with Gasteiger partial charge in [0.25, 0.3) is 5.91 Å². The molecule has 3 heterocycles. The van der Waals surface area contributed by atoms with Crippen LogP contribution in [0.15, 0.2) is 54.9 Å². The first-order valence-corrected chi connectivity index (χ1v) is 12.4. The quantitative estimate of drug-likeness (QED) is 0.295. The number of carbonyl (C=O) groups is 1. The normalized spacial score (nSPS) is 13.5. The first-order valence-electron chi connectivity index (χ1n) is 10.9. The van der Waals surface area contributed by atoms with Gasteiger partial charge < -0.3 is 25.5 Å². The highest BCUT2D eigenvalue weighted by Gasteiger charge is 2.26. The molecule has 0 spiro atoms. The monoisotopic (exact) mass is 542 g/mol. The van der Waals surface area contributed by atoms with Crippen molar-refractivity contribution in [2.75, 3.05) is 41.7 Å². The minimum Gasteiger partial charge on any atom is -0.505 e. The van der Waals surface area contributed by atoms with Gasteiger partial charge in [0.1, 0.15) is 0 Å². The third-order valence-corrected chi connectivity index (χ3v) is 6.96. The summed E-state index contributed by atoms with van der Waals surface area (Å²) in [5, 5.41) is 17.8. The molecule has 10 nitrogen and oxygen atoms in total. The van der Waals surface area contributed by atoms with Crippen LogP contribution in [-0.4, -0.2) is 60.8 Å². The van der Waals surface area contributed by atoms with E-state index in [-0.39, 0.29) is 17.2 Å². The van der Waals surface area contributed by atoms with Gasteiger partial charge in [0.2, 0.25) is 5.95 Å². The number of phenolic OH excluding ortho intramolecular Hbond substituents is 1. The van der Waals surface area contributed by atoms with Crippen LogP contribution in [0.3, 0.4) is 0 Å². The number of hydrogen-bond acceptors (Lipinski definition) is 10. The van der Waals surface area contributed by atoms with E-state index in [0.717, 1.165) is 11.7 Å². The summed E-state index contributed by atoms with van der Waals surface area (Å²) >= 11 is 13.3. The summed E-state index contributed by atoms with van der Waals surface area (Å²) in [5.41, 5.74) is 1.08. The Bertz CT molecular complexity index is 1380. The summed E-state index contributed by atoms with van der Waals surface area (Å²) in [4.78, 5) is 25.5. The topological polar surface area (TPSA) is 119 Å². The van der Waals surface area contributed by atoms with Crippen molar-refractivity contribution in [2.45, 2.75) is 0 Å². The van der Waals surface area contributed by atoms with E-state index in [1.165, 1.54) is 0 Å². The molecule has 0 radical (unpaired) electrons. The molecule has 184 valence electrons. The molecule has 3 N–H and O–H groups in total. The number of halogens is 2. The predicted molar refractivity (Wildman–Crippen MR) is 141 cm³/mol. The van der Waals surface area contributed by atoms with Crippen molar-refractivity contribution in [3.63, 3.8) is 0 Å². The molecule has 0 saturated carbocycles. The first kappa shape index (κ1) is 24.0. The summed E-state index contributed by atoms with van der Waals surface area (Å²) < 4.78 is 8.51. The standard InChI is InChI=1S/C23H20Cl2N8O2S/c24-15-5-2-6-16(18(15)25)28-20-21(31-36-30-20)29-17-7-1-4-14(19(17)34)22(35)32-10-12-33(13-11-32)23-26-8-3-9-27-23/h1-9,34H,10-13H2,(H,28,30)(H,29,31). The average molecular weight is 543 g/mol. The number of piperazine rings is 1. The largest absolute Gasteiger partial charge is 0.505 e. The van der Waals surface area contributed by atoms with E-state index in [0.29, 0.717) is 65.2 Å². The molecular formula is C23H20Cl2N8O2S. The van der Waals surface area contributed by atoms with Crippen molar-refractivity contribution >= 4 is 69.8 Å². The maximum Gasteiger partial charge on any atom is 0.257 e. The van der Waals surface area contributed by atoms with Crippen LogP contribution in [0.4, 0.5) is 29.0 Å². The molecule has 1 amide bonds. The molecule has 0 aliphatic carbocycles. The second-order valence-corrected chi connectivity index (χ2v) is 9.16. The van der Waals surface area contributed by atoms with Crippen molar-refractivity contribution < 1.29 is 9.90 Å². The maximum atomic E-state index is 13.2. The molecule has 0 bridgehead atoms. The van der Waals surface area contributed by atoms with E-state index in [1.807, 2.05) is 4.90 Å². The minimum atomic E-state index is -0.259. The number of nitrogens with one attached hydrogen (secondary N) is 2. The Morgan fingerprint density at radius 2 is 1.53 bits per heavy atom. The smallest absolute Gasteiger partial charge is 0.257 e. The van der Waals surface area contributed by atoms with Crippen LogP contribution >= 0.6 is 34.9 Å². The Labute approximate surface area is 220 Å². The molecule has 13 heteroatoms. The van der Waals surface area contributed by atoms with Crippen LogP contribution in [0.1, 0.15) is 10.4 Å². The number of phenols is 1. The van der Waals surface area contributed by atoms with Crippen LogP contribution in [0.25, 0.3) is 0 Å². The van der Waals surface area contributed by atoms with E-state index in [2.05, 4.69) is 29.3 Å². The van der Waals surface area contributed by atoms with Crippen LogP contribution in [0.2, 0.25) is 10.0 Å². The van der Waals surface area contributed by atoms with Gasteiger partial charge in [-0.2, -0.15) is 8.75 Å². The lowest BCUT2D eigenvalue weighted by Gasteiger charge is -2.34. The van der Waals surface area contributed by atoms with E-state index in [9.17, 15) is 9.90 Å². The van der Waals surface area contributed by atoms with Crippen molar-refractivity contribution in [1.29, 1.82) is 0 Å². The fourth-order valence-corrected chi connectivity index (χ4v) is 4.58. The fourth-order valence-electron chi connectivity index (χ4n) is 3.76. The fraction of sp³-hybridized carbons (Fsp3) is 0.174. The minimum absolute atomic E-state index is 0.170. The number of carbonyl (C=O) groups excluding carboxylic acids is 1. The molecule has 4 aromatic rings. The third kappa shape index (κ3) is 4.99. The Kier molecular flexibility index (Phi) is 7.03. The molecule has 1 saturated heterocycles. The van der Waals surface area contributed by atoms with Crippen LogP contribution in [0.5, 0.6) is 5.75 Å². The predicted octanol–water partition coefficient (Wildman–Crippen LogP) is 4.79. The summed E-state index contributed by atoms with van der Waals surface area (Å²) in [5.74, 6) is 0.979. The number of rotatable bonds is 6. The molecule has 2 aromatic heterocycles. The second-order valence-electron chi connectivity index (χ2n) is 7.84. The number of hydrogen-bond donors (Lipinski definition) is 3. The molecule has 2 aromatic carbocycles. The molecule has 1 aliphatic rings. The molecular weight excluding hydrogens is 523 g/mol. The van der Waals surface area contributed by atoms with E-state index < -0.39 is 0 Å². The number of anilines is 5. The average Bonchev–Trinajstić information content (AvgIpc) is 3.34. The summed E-state index contributed by atoms with van der Waals surface area (Å²) in [6.07, 6.45) is 3.39. The SMILES string of the molecule is O=C(c1cccc(Nc2nsnc2Nc2cccc(Cl)c2Cl)c1O)N1CCN(c2ncccn2)CC1. The number of para-hydroxylation sites is 1. The lowest BCUT2D eigenvalue weighted by molar-refractivity contribution is 0.0743. The van der Waals surface area contributed by atoms with Gasteiger partial charge in [-0.25, -0.2) is 9.97 Å². The molecule has 0 atom stereocenters. The molecule has 1 fully saturated rings. The lowest BCUT2D eigenvalue weighted by Crippen LogP contribution is -2.49. The van der Waals surface area contributed by atoms with Gasteiger partial charge in [0.15, 0.2) is 17.4 Å². The summed E-state index contributed by atoms with van der Waals surface area (Å²) in [6, 6.07) is 11.9. The summed E-state index contributed by atoms with van der Waals surface area (Å²) in [7, 11) is 0. The van der Waals surface area contributed by atoms with Crippen LogP contribution < -0.4 is 15.5 Å². The summed E-state index contributed by atoms with van der Waals surface area (Å²) in [6.45, 7) is 2.16. The molecule has 5 rings (SSSR count). The number of aromatic nitrogens is 4. The Morgan fingerprint density at radius 1 is 0.889 bits per heavy atom. The molecule has 0 unspecified atom stereocenters. The third-order valence-electron chi connectivity index (χ3n) is 5.61. The molecule has 1 aliphatic heterocycles. The van der Waals surface area contributed by atoms with Crippen LogP contribution in [-0.2, 0) is 0 Å². The number of amides is 1. The zero-order valence-electron chi connectivity index (χ0n) is 18.7. The van der Waals surface area contributed by atoms with E-state index >= 15 is 0 Å². The lowest BCUT2D eigenvalue weighted by atomic mass is 10.1. The van der Waals surface area contributed by atoms with Crippen LogP contribution in [0, 0.1) is 0 Å². The van der Waals surface area contributed by atoms with Gasteiger partial charge in [-0.3, -0.25) is 4.79 Å². The zero-order valence-corrected chi connectivity index (χ0v) is 21.1. The highest BCUT2D eigenvalue weighted by Crippen LogP contribution is 2.36. The Balaban J connectivity index is 1.29. The maximum absolute atomic E-state index is 13.2.